The number of halogens is 1. The van der Waals surface area contributed by atoms with E-state index in [0.717, 1.165) is 68.7 Å². The van der Waals surface area contributed by atoms with Crippen molar-refractivity contribution in [3.05, 3.63) is 41.4 Å². The third kappa shape index (κ3) is 4.63. The zero-order valence-electron chi connectivity index (χ0n) is 17.3. The number of nitrogens with zero attached hydrogens (tertiary/aromatic N) is 4. The average molecular weight is 402 g/mol. The molecule has 0 spiro atoms. The summed E-state index contributed by atoms with van der Waals surface area (Å²) in [5.41, 5.74) is 2.98. The number of anilines is 1. The van der Waals surface area contributed by atoms with Crippen LogP contribution in [0.15, 0.2) is 35.5 Å². The van der Waals surface area contributed by atoms with Crippen LogP contribution in [0.1, 0.15) is 32.6 Å². The van der Waals surface area contributed by atoms with Gasteiger partial charge < -0.3 is 4.90 Å². The summed E-state index contributed by atoms with van der Waals surface area (Å²) in [6, 6.07) is 6.98. The molecule has 0 aromatic heterocycles. The smallest absolute Gasteiger partial charge is 0.236 e. The molecular formula is C22H32FN5O. The number of rotatable bonds is 5. The number of hydrogen-bond donors (Lipinski definition) is 1. The molecule has 7 heteroatoms. The predicted octanol–water partition coefficient (Wildman–Crippen LogP) is 2.18. The van der Waals surface area contributed by atoms with Crippen molar-refractivity contribution in [1.82, 2.24) is 14.7 Å². The lowest BCUT2D eigenvalue weighted by molar-refractivity contribution is -0.134. The molecule has 2 N–H and O–H groups in total. The molecule has 0 bridgehead atoms. The number of carbonyl (C=O) groups is 1. The maximum atomic E-state index is 13.2. The van der Waals surface area contributed by atoms with Gasteiger partial charge >= 0.3 is 0 Å². The molecule has 0 atom stereocenters. The summed E-state index contributed by atoms with van der Waals surface area (Å²) in [4.78, 5) is 19.6. The van der Waals surface area contributed by atoms with E-state index in [1.165, 1.54) is 31.4 Å². The minimum atomic E-state index is -0.269. The fourth-order valence-electron chi connectivity index (χ4n) is 4.58. The Morgan fingerprint density at radius 1 is 1.14 bits per heavy atom. The standard InChI is InChI=1S/C22H32FN5O/c1-17-15-25(10-9-21(17)28(24)20-7-5-18(23)6-8-20)16-22(29)27-13-11-26(12-14-27)19-3-2-4-19/h5-8,19H,2-4,9-16,24H2,1H3. The maximum absolute atomic E-state index is 13.2. The van der Waals surface area contributed by atoms with Crippen LogP contribution in [0.25, 0.3) is 0 Å². The van der Waals surface area contributed by atoms with Gasteiger partial charge in [0.15, 0.2) is 0 Å². The van der Waals surface area contributed by atoms with Crippen LogP contribution in [-0.2, 0) is 4.79 Å². The van der Waals surface area contributed by atoms with Crippen LogP contribution >= 0.6 is 0 Å². The van der Waals surface area contributed by atoms with E-state index in [2.05, 4.69) is 16.7 Å². The Morgan fingerprint density at radius 3 is 2.41 bits per heavy atom. The molecule has 6 nitrogen and oxygen atoms in total. The van der Waals surface area contributed by atoms with Crippen LogP contribution in [0.4, 0.5) is 10.1 Å². The highest BCUT2D eigenvalue weighted by molar-refractivity contribution is 5.78. The van der Waals surface area contributed by atoms with Crippen molar-refractivity contribution in [2.75, 3.05) is 50.8 Å². The molecule has 1 aromatic rings. The molecule has 1 saturated heterocycles. The number of nitrogens with two attached hydrogens (primary N) is 1. The van der Waals surface area contributed by atoms with Crippen molar-refractivity contribution in [3.63, 3.8) is 0 Å². The molecule has 0 radical (unpaired) electrons. The molecule has 2 aliphatic heterocycles. The van der Waals surface area contributed by atoms with E-state index >= 15 is 0 Å². The highest BCUT2D eigenvalue weighted by atomic mass is 19.1. The van der Waals surface area contributed by atoms with Crippen molar-refractivity contribution in [2.45, 2.75) is 38.6 Å². The minimum Gasteiger partial charge on any atom is -0.339 e. The molecule has 2 fully saturated rings. The lowest BCUT2D eigenvalue weighted by Crippen LogP contribution is -2.55. The normalized spacial score (nSPS) is 22.0. The first kappa shape index (κ1) is 20.3. The molecule has 4 rings (SSSR count). The SMILES string of the molecule is CC1=C(N(N)c2ccc(F)cc2)CCN(CC(=O)N2CCN(C3CCC3)CC2)C1. The highest BCUT2D eigenvalue weighted by Gasteiger charge is 2.30. The van der Waals surface area contributed by atoms with Gasteiger partial charge in [0.25, 0.3) is 0 Å². The van der Waals surface area contributed by atoms with Crippen LogP contribution in [0.5, 0.6) is 0 Å². The van der Waals surface area contributed by atoms with E-state index < -0.39 is 0 Å². The Labute approximate surface area is 172 Å². The lowest BCUT2D eigenvalue weighted by Gasteiger charge is -2.43. The van der Waals surface area contributed by atoms with Gasteiger partial charge in [-0.2, -0.15) is 0 Å². The molecule has 1 aromatic carbocycles. The van der Waals surface area contributed by atoms with Crippen molar-refractivity contribution in [3.8, 4) is 0 Å². The highest BCUT2D eigenvalue weighted by Crippen LogP contribution is 2.26. The first-order valence-corrected chi connectivity index (χ1v) is 10.7. The summed E-state index contributed by atoms with van der Waals surface area (Å²) < 4.78 is 13.2. The largest absolute Gasteiger partial charge is 0.339 e. The summed E-state index contributed by atoms with van der Waals surface area (Å²) in [5.74, 6) is 6.25. The monoisotopic (exact) mass is 401 g/mol. The molecule has 3 aliphatic rings. The van der Waals surface area contributed by atoms with Crippen molar-refractivity contribution in [2.24, 2.45) is 5.84 Å². The third-order valence-electron chi connectivity index (χ3n) is 6.63. The summed E-state index contributed by atoms with van der Waals surface area (Å²) in [6.07, 6.45) is 4.79. The Morgan fingerprint density at radius 2 is 1.83 bits per heavy atom. The summed E-state index contributed by atoms with van der Waals surface area (Å²) >= 11 is 0. The number of hydrogen-bond acceptors (Lipinski definition) is 5. The first-order valence-electron chi connectivity index (χ1n) is 10.7. The molecule has 158 valence electrons. The summed E-state index contributed by atoms with van der Waals surface area (Å²) in [5, 5.41) is 1.65. The van der Waals surface area contributed by atoms with Gasteiger partial charge in [0.2, 0.25) is 5.91 Å². The van der Waals surface area contributed by atoms with Crippen LogP contribution < -0.4 is 10.9 Å². The van der Waals surface area contributed by atoms with Gasteiger partial charge in [-0.1, -0.05) is 6.42 Å². The quantitative estimate of drug-likeness (QED) is 0.605. The van der Waals surface area contributed by atoms with E-state index in [4.69, 9.17) is 5.84 Å². The van der Waals surface area contributed by atoms with Gasteiger partial charge in [-0.05, 0) is 49.6 Å². The zero-order valence-corrected chi connectivity index (χ0v) is 17.3. The molecule has 1 aliphatic carbocycles. The van der Waals surface area contributed by atoms with Crippen LogP contribution in [0, 0.1) is 5.82 Å². The Hall–Kier alpha value is -1.96. The predicted molar refractivity (Wildman–Crippen MR) is 113 cm³/mol. The maximum Gasteiger partial charge on any atom is 0.236 e. The first-order chi connectivity index (χ1) is 14.0. The van der Waals surface area contributed by atoms with Gasteiger partial charge in [0.1, 0.15) is 5.82 Å². The van der Waals surface area contributed by atoms with Crippen LogP contribution in [-0.4, -0.2) is 72.5 Å². The fourth-order valence-corrected chi connectivity index (χ4v) is 4.58. The van der Waals surface area contributed by atoms with Gasteiger partial charge in [-0.25, -0.2) is 10.2 Å². The second-order valence-corrected chi connectivity index (χ2v) is 8.54. The van der Waals surface area contributed by atoms with E-state index in [0.29, 0.717) is 6.54 Å². The number of piperazine rings is 1. The summed E-state index contributed by atoms with van der Waals surface area (Å²) in [6.45, 7) is 7.79. The molecule has 0 unspecified atom stereocenters. The Balaban J connectivity index is 1.29. The van der Waals surface area contributed by atoms with Crippen molar-refractivity contribution < 1.29 is 9.18 Å². The Bertz CT molecular complexity index is 753. The minimum absolute atomic E-state index is 0.234. The van der Waals surface area contributed by atoms with E-state index in [9.17, 15) is 9.18 Å². The second-order valence-electron chi connectivity index (χ2n) is 8.54. The lowest BCUT2D eigenvalue weighted by atomic mass is 9.91. The molecule has 2 heterocycles. The van der Waals surface area contributed by atoms with Crippen LogP contribution in [0.3, 0.4) is 0 Å². The van der Waals surface area contributed by atoms with Gasteiger partial charge in [0, 0.05) is 57.4 Å². The topological polar surface area (TPSA) is 56.1 Å². The van der Waals surface area contributed by atoms with E-state index in [-0.39, 0.29) is 11.7 Å². The Kier molecular flexibility index (Phi) is 6.18. The zero-order chi connectivity index (χ0) is 20.4. The van der Waals surface area contributed by atoms with Crippen molar-refractivity contribution in [1.29, 1.82) is 0 Å². The van der Waals surface area contributed by atoms with Crippen molar-refractivity contribution >= 4 is 11.6 Å². The number of amides is 1. The number of hydrazine groups is 1. The second kappa shape index (κ2) is 8.81. The van der Waals surface area contributed by atoms with E-state index in [1.807, 2.05) is 4.90 Å². The number of benzene rings is 1. The summed E-state index contributed by atoms with van der Waals surface area (Å²) in [7, 11) is 0. The third-order valence-corrected chi connectivity index (χ3v) is 6.63. The molecule has 29 heavy (non-hydrogen) atoms. The van der Waals surface area contributed by atoms with Crippen LogP contribution in [0.2, 0.25) is 0 Å². The average Bonchev–Trinajstić information content (AvgIpc) is 2.67. The molecular weight excluding hydrogens is 369 g/mol. The fraction of sp³-hybridized carbons (Fsp3) is 0.591. The molecule has 1 saturated carbocycles. The van der Waals surface area contributed by atoms with E-state index in [1.54, 1.807) is 17.1 Å². The van der Waals surface area contributed by atoms with Gasteiger partial charge in [-0.3, -0.25) is 19.6 Å². The molecule has 1 amide bonds. The number of carbonyl (C=O) groups excluding carboxylic acids is 1. The van der Waals surface area contributed by atoms with Gasteiger partial charge in [0.05, 0.1) is 12.2 Å². The van der Waals surface area contributed by atoms with Gasteiger partial charge in [-0.15, -0.1) is 0 Å².